The van der Waals surface area contributed by atoms with Crippen molar-refractivity contribution in [2.75, 3.05) is 31.1 Å². The number of fused-ring (bicyclic) bond motifs is 1. The maximum atomic E-state index is 13.3. The Morgan fingerprint density at radius 3 is 2.61 bits per heavy atom. The molecule has 146 valence electrons. The molecule has 0 bridgehead atoms. The molecule has 1 fully saturated rings. The fraction of sp³-hybridized carbons (Fsp3) is 0.391. The number of amides is 1. The monoisotopic (exact) mass is 376 g/mol. The van der Waals surface area contributed by atoms with Gasteiger partial charge in [0.25, 0.3) is 0 Å². The molecule has 4 rings (SSSR count). The second kappa shape index (κ2) is 8.46. The minimum atomic E-state index is -0.0380. The maximum Gasteiger partial charge on any atom is 0.230 e. The SMILES string of the molecule is CCCC(C(=O)N1CCCN(c2nc3ccccc3[nH]2)CC1)c1ccccc1. The average Bonchev–Trinajstić information content (AvgIpc) is 3.01. The van der Waals surface area contributed by atoms with Crippen LogP contribution >= 0.6 is 0 Å². The molecule has 0 saturated carbocycles. The number of H-pyrrole nitrogens is 1. The number of nitrogens with zero attached hydrogens (tertiary/aromatic N) is 3. The average molecular weight is 377 g/mol. The number of rotatable bonds is 5. The number of aromatic amines is 1. The molecule has 0 aliphatic carbocycles. The number of hydrogen-bond donors (Lipinski definition) is 1. The van der Waals surface area contributed by atoms with Crippen molar-refractivity contribution >= 4 is 22.9 Å². The molecule has 0 spiro atoms. The highest BCUT2D eigenvalue weighted by Crippen LogP contribution is 2.25. The number of benzene rings is 2. The largest absolute Gasteiger partial charge is 0.341 e. The molecule has 1 amide bonds. The summed E-state index contributed by atoms with van der Waals surface area (Å²) in [5, 5.41) is 0. The van der Waals surface area contributed by atoms with Crippen LogP contribution in [-0.2, 0) is 4.79 Å². The highest BCUT2D eigenvalue weighted by molar-refractivity contribution is 5.84. The molecule has 1 atom stereocenters. The highest BCUT2D eigenvalue weighted by atomic mass is 16.2. The summed E-state index contributed by atoms with van der Waals surface area (Å²) in [7, 11) is 0. The van der Waals surface area contributed by atoms with Crippen LogP contribution < -0.4 is 4.90 Å². The minimum absolute atomic E-state index is 0.0380. The summed E-state index contributed by atoms with van der Waals surface area (Å²) in [6.45, 7) is 5.41. The van der Waals surface area contributed by atoms with Crippen molar-refractivity contribution in [1.29, 1.82) is 0 Å². The summed E-state index contributed by atoms with van der Waals surface area (Å²) < 4.78 is 0. The Morgan fingerprint density at radius 1 is 1.04 bits per heavy atom. The summed E-state index contributed by atoms with van der Waals surface area (Å²) >= 11 is 0. The quantitative estimate of drug-likeness (QED) is 0.727. The molecule has 0 radical (unpaired) electrons. The summed E-state index contributed by atoms with van der Waals surface area (Å²) in [5.74, 6) is 1.13. The first-order valence-corrected chi connectivity index (χ1v) is 10.3. The molecular formula is C23H28N4O. The van der Waals surface area contributed by atoms with E-state index in [4.69, 9.17) is 4.98 Å². The van der Waals surface area contributed by atoms with Crippen LogP contribution in [0.3, 0.4) is 0 Å². The number of anilines is 1. The minimum Gasteiger partial charge on any atom is -0.341 e. The fourth-order valence-electron chi connectivity index (χ4n) is 4.07. The third-order valence-corrected chi connectivity index (χ3v) is 5.56. The molecule has 1 N–H and O–H groups in total. The first-order valence-electron chi connectivity index (χ1n) is 10.3. The van der Waals surface area contributed by atoms with Crippen molar-refractivity contribution in [2.24, 2.45) is 0 Å². The number of carbonyl (C=O) groups is 1. The number of carbonyl (C=O) groups excluding carboxylic acids is 1. The molecule has 3 aromatic rings. The summed E-state index contributed by atoms with van der Waals surface area (Å²) in [4.78, 5) is 25.8. The first kappa shape index (κ1) is 18.5. The van der Waals surface area contributed by atoms with Crippen molar-refractivity contribution in [2.45, 2.75) is 32.1 Å². The van der Waals surface area contributed by atoms with Gasteiger partial charge in [0.1, 0.15) is 0 Å². The Bertz CT molecular complexity index is 888. The lowest BCUT2D eigenvalue weighted by Gasteiger charge is -2.26. The molecule has 1 unspecified atom stereocenters. The summed E-state index contributed by atoms with van der Waals surface area (Å²) in [5.41, 5.74) is 3.18. The van der Waals surface area contributed by atoms with Gasteiger partial charge in [-0.25, -0.2) is 4.98 Å². The lowest BCUT2D eigenvalue weighted by molar-refractivity contribution is -0.132. The predicted octanol–water partition coefficient (Wildman–Crippen LogP) is 4.19. The van der Waals surface area contributed by atoms with Gasteiger partial charge in [-0.1, -0.05) is 55.8 Å². The van der Waals surface area contributed by atoms with Crippen LogP contribution in [-0.4, -0.2) is 47.0 Å². The van der Waals surface area contributed by atoms with E-state index < -0.39 is 0 Å². The van der Waals surface area contributed by atoms with E-state index in [-0.39, 0.29) is 11.8 Å². The highest BCUT2D eigenvalue weighted by Gasteiger charge is 2.27. The third-order valence-electron chi connectivity index (χ3n) is 5.56. The molecule has 5 nitrogen and oxygen atoms in total. The van der Waals surface area contributed by atoms with Crippen molar-refractivity contribution in [3.8, 4) is 0 Å². The zero-order chi connectivity index (χ0) is 19.3. The molecule has 2 heterocycles. The van der Waals surface area contributed by atoms with Gasteiger partial charge in [0.05, 0.1) is 17.0 Å². The lowest BCUT2D eigenvalue weighted by Crippen LogP contribution is -2.38. The van der Waals surface area contributed by atoms with Gasteiger partial charge in [-0.05, 0) is 30.5 Å². The van der Waals surface area contributed by atoms with E-state index in [0.717, 1.165) is 68.0 Å². The molecule has 1 saturated heterocycles. The van der Waals surface area contributed by atoms with Gasteiger partial charge < -0.3 is 14.8 Å². The van der Waals surface area contributed by atoms with Crippen LogP contribution in [0.5, 0.6) is 0 Å². The number of para-hydroxylation sites is 2. The number of nitrogens with one attached hydrogen (secondary N) is 1. The summed E-state index contributed by atoms with van der Waals surface area (Å²) in [6, 6.07) is 18.3. The van der Waals surface area contributed by atoms with Gasteiger partial charge in [0.15, 0.2) is 0 Å². The standard InChI is InChI=1S/C23H28N4O/c1-2-9-19(18-10-4-3-5-11-18)22(28)26-14-8-15-27(17-16-26)23-24-20-12-6-7-13-21(20)25-23/h3-7,10-13,19H,2,8-9,14-17H2,1H3,(H,24,25). The van der Waals surface area contributed by atoms with Crippen LogP contribution in [0.25, 0.3) is 11.0 Å². The number of imidazole rings is 1. The molecule has 5 heteroatoms. The smallest absolute Gasteiger partial charge is 0.230 e. The van der Waals surface area contributed by atoms with Crippen molar-refractivity contribution in [3.05, 3.63) is 60.2 Å². The Morgan fingerprint density at radius 2 is 1.82 bits per heavy atom. The van der Waals surface area contributed by atoms with E-state index in [2.05, 4.69) is 39.9 Å². The van der Waals surface area contributed by atoms with E-state index in [9.17, 15) is 4.79 Å². The fourth-order valence-corrected chi connectivity index (χ4v) is 4.07. The lowest BCUT2D eigenvalue weighted by atomic mass is 9.93. The number of aromatic nitrogens is 2. The van der Waals surface area contributed by atoms with Crippen LogP contribution in [0.15, 0.2) is 54.6 Å². The molecule has 28 heavy (non-hydrogen) atoms. The van der Waals surface area contributed by atoms with Gasteiger partial charge in [-0.15, -0.1) is 0 Å². The Kier molecular flexibility index (Phi) is 5.60. The molecule has 1 aliphatic heterocycles. The van der Waals surface area contributed by atoms with Gasteiger partial charge in [0, 0.05) is 26.2 Å². The van der Waals surface area contributed by atoms with E-state index in [1.54, 1.807) is 0 Å². The predicted molar refractivity (Wildman–Crippen MR) is 114 cm³/mol. The molecular weight excluding hydrogens is 348 g/mol. The van der Waals surface area contributed by atoms with Gasteiger partial charge in [-0.2, -0.15) is 0 Å². The van der Waals surface area contributed by atoms with Crippen LogP contribution in [0.4, 0.5) is 5.95 Å². The second-order valence-corrected chi connectivity index (χ2v) is 7.50. The number of hydrogen-bond acceptors (Lipinski definition) is 3. The van der Waals surface area contributed by atoms with E-state index in [1.807, 2.05) is 36.4 Å². The zero-order valence-corrected chi connectivity index (χ0v) is 16.5. The molecule has 1 aromatic heterocycles. The maximum absolute atomic E-state index is 13.3. The summed E-state index contributed by atoms with van der Waals surface area (Å²) in [6.07, 6.45) is 2.85. The van der Waals surface area contributed by atoms with Crippen LogP contribution in [0, 0.1) is 0 Å². The Hall–Kier alpha value is -2.82. The van der Waals surface area contributed by atoms with Crippen molar-refractivity contribution < 1.29 is 4.79 Å². The molecule has 2 aromatic carbocycles. The van der Waals surface area contributed by atoms with Gasteiger partial charge in [-0.3, -0.25) is 4.79 Å². The van der Waals surface area contributed by atoms with Gasteiger partial charge >= 0.3 is 0 Å². The van der Waals surface area contributed by atoms with Crippen LogP contribution in [0.1, 0.15) is 37.7 Å². The van der Waals surface area contributed by atoms with E-state index in [1.165, 1.54) is 0 Å². The van der Waals surface area contributed by atoms with E-state index >= 15 is 0 Å². The normalized spacial score (nSPS) is 16.2. The zero-order valence-electron chi connectivity index (χ0n) is 16.5. The second-order valence-electron chi connectivity index (χ2n) is 7.50. The van der Waals surface area contributed by atoms with Crippen molar-refractivity contribution in [1.82, 2.24) is 14.9 Å². The topological polar surface area (TPSA) is 52.2 Å². The Balaban J connectivity index is 1.47. The van der Waals surface area contributed by atoms with E-state index in [0.29, 0.717) is 0 Å². The first-order chi connectivity index (χ1) is 13.8. The Labute approximate surface area is 166 Å². The van der Waals surface area contributed by atoms with Gasteiger partial charge in [0.2, 0.25) is 11.9 Å². The third kappa shape index (κ3) is 3.88. The van der Waals surface area contributed by atoms with Crippen LogP contribution in [0.2, 0.25) is 0 Å². The molecule has 1 aliphatic rings. The van der Waals surface area contributed by atoms with Crippen molar-refractivity contribution in [3.63, 3.8) is 0 Å².